The molecule has 1 aliphatic heterocycles. The summed E-state index contributed by atoms with van der Waals surface area (Å²) in [5, 5.41) is 17.4. The van der Waals surface area contributed by atoms with Crippen LogP contribution in [0.25, 0.3) is 0 Å². The van der Waals surface area contributed by atoms with Crippen LogP contribution >= 0.6 is 12.0 Å². The van der Waals surface area contributed by atoms with Crippen molar-refractivity contribution in [1.29, 1.82) is 0 Å². The predicted molar refractivity (Wildman–Crippen MR) is 70.0 cm³/mol. The SMILES string of the molecule is CC.COC(=O)CC(O)OSC.OC1CCOC1. The van der Waals surface area contributed by atoms with Crippen molar-refractivity contribution in [2.45, 2.75) is 39.1 Å². The number of esters is 1. The van der Waals surface area contributed by atoms with Crippen LogP contribution in [0.3, 0.4) is 0 Å². The van der Waals surface area contributed by atoms with E-state index < -0.39 is 12.3 Å². The van der Waals surface area contributed by atoms with Gasteiger partial charge >= 0.3 is 5.97 Å². The average Bonchev–Trinajstić information content (AvgIpc) is 2.84. The fourth-order valence-electron chi connectivity index (χ4n) is 0.893. The smallest absolute Gasteiger partial charge is 0.310 e. The Hall–Kier alpha value is -0.340. The molecule has 0 radical (unpaired) electrons. The number of carbonyl (C=O) groups is 1. The van der Waals surface area contributed by atoms with Gasteiger partial charge in [0.05, 0.1) is 26.2 Å². The van der Waals surface area contributed by atoms with E-state index in [2.05, 4.69) is 8.92 Å². The van der Waals surface area contributed by atoms with Crippen LogP contribution in [0.5, 0.6) is 0 Å². The van der Waals surface area contributed by atoms with Gasteiger partial charge in [-0.3, -0.25) is 8.98 Å². The average molecular weight is 284 g/mol. The summed E-state index contributed by atoms with van der Waals surface area (Å²) < 4.78 is 13.7. The Balaban J connectivity index is 0. The minimum absolute atomic E-state index is 0.128. The molecule has 0 saturated carbocycles. The molecule has 7 heteroatoms. The van der Waals surface area contributed by atoms with Crippen LogP contribution in [0.1, 0.15) is 26.7 Å². The van der Waals surface area contributed by atoms with Gasteiger partial charge in [0.25, 0.3) is 0 Å². The van der Waals surface area contributed by atoms with Crippen LogP contribution < -0.4 is 0 Å². The lowest BCUT2D eigenvalue weighted by Gasteiger charge is -2.06. The number of carbonyl (C=O) groups excluding carboxylic acids is 1. The number of ether oxygens (including phenoxy) is 2. The molecule has 2 atom stereocenters. The highest BCUT2D eigenvalue weighted by Crippen LogP contribution is 2.04. The molecule has 0 aliphatic carbocycles. The van der Waals surface area contributed by atoms with Gasteiger partial charge in [0, 0.05) is 12.9 Å². The van der Waals surface area contributed by atoms with Crippen LogP contribution in [0.2, 0.25) is 0 Å². The molecule has 2 unspecified atom stereocenters. The van der Waals surface area contributed by atoms with Gasteiger partial charge in [-0.15, -0.1) is 0 Å². The summed E-state index contributed by atoms with van der Waals surface area (Å²) in [6.45, 7) is 5.28. The largest absolute Gasteiger partial charge is 0.469 e. The molecular formula is C11H24O6S. The maximum absolute atomic E-state index is 10.4. The van der Waals surface area contributed by atoms with Crippen LogP contribution in [-0.4, -0.2) is 55.2 Å². The summed E-state index contributed by atoms with van der Waals surface area (Å²) in [6, 6.07) is 0. The molecule has 110 valence electrons. The van der Waals surface area contributed by atoms with Gasteiger partial charge in [-0.2, -0.15) is 0 Å². The first-order valence-electron chi connectivity index (χ1n) is 5.80. The summed E-state index contributed by atoms with van der Waals surface area (Å²) in [7, 11) is 1.26. The molecule has 0 bridgehead atoms. The van der Waals surface area contributed by atoms with Crippen molar-refractivity contribution >= 4 is 18.0 Å². The van der Waals surface area contributed by atoms with E-state index in [0.717, 1.165) is 25.1 Å². The predicted octanol–water partition coefficient (Wildman–Crippen LogP) is 0.956. The van der Waals surface area contributed by atoms with Crippen molar-refractivity contribution in [1.82, 2.24) is 0 Å². The molecular weight excluding hydrogens is 260 g/mol. The summed E-state index contributed by atoms with van der Waals surface area (Å²) in [5.41, 5.74) is 0. The number of rotatable bonds is 4. The van der Waals surface area contributed by atoms with Crippen LogP contribution in [0.4, 0.5) is 0 Å². The Morgan fingerprint density at radius 1 is 1.56 bits per heavy atom. The van der Waals surface area contributed by atoms with E-state index in [9.17, 15) is 4.79 Å². The van der Waals surface area contributed by atoms with Crippen LogP contribution in [0.15, 0.2) is 0 Å². The van der Waals surface area contributed by atoms with Gasteiger partial charge in [-0.25, -0.2) is 0 Å². The molecule has 1 aliphatic rings. The molecule has 0 aromatic rings. The standard InChI is InChI=1S/C5H10O4S.C4H8O2.C2H6/c1-8-4(6)3-5(7)9-10-2;5-4-1-2-6-3-4;1-2/h5,7H,3H2,1-2H3;4-5H,1-3H2;1-2H3. The van der Waals surface area contributed by atoms with Gasteiger partial charge in [0.1, 0.15) is 0 Å². The first-order valence-corrected chi connectivity index (χ1v) is 6.95. The molecule has 2 N–H and O–H groups in total. The normalized spacial score (nSPS) is 18.9. The summed E-state index contributed by atoms with van der Waals surface area (Å²) in [4.78, 5) is 10.4. The quantitative estimate of drug-likeness (QED) is 0.452. The maximum atomic E-state index is 10.4. The second-order valence-electron chi connectivity index (χ2n) is 3.02. The Labute approximate surface area is 113 Å². The van der Waals surface area contributed by atoms with E-state index in [1.54, 1.807) is 6.26 Å². The molecule has 6 nitrogen and oxygen atoms in total. The highest BCUT2D eigenvalue weighted by Gasteiger charge is 2.10. The Bertz CT molecular complexity index is 184. The maximum Gasteiger partial charge on any atom is 0.310 e. The van der Waals surface area contributed by atoms with Gasteiger partial charge in [0.2, 0.25) is 0 Å². The fourth-order valence-corrected chi connectivity index (χ4v) is 1.18. The molecule has 1 fully saturated rings. The van der Waals surface area contributed by atoms with Gasteiger partial charge in [-0.1, -0.05) is 13.8 Å². The Kier molecular flexibility index (Phi) is 16.3. The topological polar surface area (TPSA) is 85.2 Å². The van der Waals surface area contributed by atoms with Crippen molar-refractivity contribution in [2.24, 2.45) is 0 Å². The van der Waals surface area contributed by atoms with Crippen molar-refractivity contribution < 1.29 is 28.7 Å². The molecule has 18 heavy (non-hydrogen) atoms. The molecule has 1 heterocycles. The summed E-state index contributed by atoms with van der Waals surface area (Å²) in [6.07, 6.45) is 1.10. The zero-order valence-electron chi connectivity index (χ0n) is 11.4. The molecule has 0 aromatic carbocycles. The van der Waals surface area contributed by atoms with Crippen molar-refractivity contribution in [2.75, 3.05) is 26.6 Å². The Morgan fingerprint density at radius 3 is 2.44 bits per heavy atom. The number of hydrogen-bond acceptors (Lipinski definition) is 7. The van der Waals surface area contributed by atoms with Gasteiger partial charge < -0.3 is 19.7 Å². The highest BCUT2D eigenvalue weighted by molar-refractivity contribution is 7.93. The second kappa shape index (κ2) is 14.7. The van der Waals surface area contributed by atoms with Gasteiger partial charge in [-0.05, 0) is 18.5 Å². The van der Waals surface area contributed by atoms with E-state index in [0.29, 0.717) is 6.61 Å². The second-order valence-corrected chi connectivity index (χ2v) is 3.54. The minimum Gasteiger partial charge on any atom is -0.469 e. The lowest BCUT2D eigenvalue weighted by molar-refractivity contribution is -0.146. The molecule has 1 saturated heterocycles. The lowest BCUT2D eigenvalue weighted by Crippen LogP contribution is -2.14. The number of methoxy groups -OCH3 is 1. The van der Waals surface area contributed by atoms with Crippen molar-refractivity contribution in [3.63, 3.8) is 0 Å². The third kappa shape index (κ3) is 13.7. The van der Waals surface area contributed by atoms with Gasteiger partial charge in [0.15, 0.2) is 6.29 Å². The van der Waals surface area contributed by atoms with E-state index >= 15 is 0 Å². The summed E-state index contributed by atoms with van der Waals surface area (Å²) in [5.74, 6) is -0.485. The van der Waals surface area contributed by atoms with Crippen molar-refractivity contribution in [3.05, 3.63) is 0 Å². The summed E-state index contributed by atoms with van der Waals surface area (Å²) >= 11 is 1.00. The highest BCUT2D eigenvalue weighted by atomic mass is 32.2. The third-order valence-corrected chi connectivity index (χ3v) is 2.10. The minimum atomic E-state index is -1.07. The Morgan fingerprint density at radius 2 is 2.17 bits per heavy atom. The number of hydrogen-bond donors (Lipinski definition) is 2. The monoisotopic (exact) mass is 284 g/mol. The first-order chi connectivity index (χ1) is 8.60. The number of aliphatic hydroxyl groups excluding tert-OH is 2. The van der Waals surface area contributed by atoms with Crippen LogP contribution in [0, 0.1) is 0 Å². The third-order valence-electron chi connectivity index (χ3n) is 1.68. The van der Waals surface area contributed by atoms with E-state index in [-0.39, 0.29) is 12.5 Å². The van der Waals surface area contributed by atoms with Crippen molar-refractivity contribution in [3.8, 4) is 0 Å². The first kappa shape index (κ1) is 20.0. The van der Waals surface area contributed by atoms with E-state index in [1.807, 2.05) is 13.8 Å². The zero-order chi connectivity index (χ0) is 14.4. The van der Waals surface area contributed by atoms with E-state index in [4.69, 9.17) is 14.9 Å². The lowest BCUT2D eigenvalue weighted by atomic mass is 10.3. The molecule has 0 amide bonds. The zero-order valence-corrected chi connectivity index (χ0v) is 12.2. The molecule has 1 rings (SSSR count). The van der Waals surface area contributed by atoms with E-state index in [1.165, 1.54) is 7.11 Å². The van der Waals surface area contributed by atoms with Crippen LogP contribution in [-0.2, 0) is 18.5 Å². The fraction of sp³-hybridized carbons (Fsp3) is 0.909. The molecule has 0 spiro atoms. The molecule has 0 aromatic heterocycles. The number of aliphatic hydroxyl groups is 2.